The molecule has 20 heterocycles. The first-order chi connectivity index (χ1) is 68.5. The van der Waals surface area contributed by atoms with Gasteiger partial charge in [0.2, 0.25) is 0 Å². The van der Waals surface area contributed by atoms with Crippen molar-refractivity contribution >= 4 is 380 Å². The highest BCUT2D eigenvalue weighted by Crippen LogP contribution is 2.58. The van der Waals surface area contributed by atoms with Crippen molar-refractivity contribution in [3.63, 3.8) is 0 Å². The Labute approximate surface area is 864 Å². The minimum absolute atomic E-state index is 0.950. The number of aryl methyl sites for hydroxylation is 8. The summed E-state index contributed by atoms with van der Waals surface area (Å²) in [4.78, 5) is 10.2. The largest absolute Gasteiger partial charge is 0.461 e. The Morgan fingerprint density at radius 3 is 0.564 bits per heavy atom. The number of hydrogen-bond acceptors (Lipinski definition) is 20. The van der Waals surface area contributed by atoms with E-state index in [2.05, 4.69) is 295 Å². The van der Waals surface area contributed by atoms with Crippen LogP contribution in [0.1, 0.15) is 45.3 Å². The zero-order chi connectivity index (χ0) is 93.0. The highest BCUT2D eigenvalue weighted by atomic mass is 32.2. The maximum atomic E-state index is 5.90. The van der Waals surface area contributed by atoms with Crippen molar-refractivity contribution in [2.45, 2.75) is 55.4 Å². The van der Waals surface area contributed by atoms with E-state index in [1.165, 1.54) is 283 Å². The summed E-state index contributed by atoms with van der Waals surface area (Å²) in [6, 6.07) is 108. The van der Waals surface area contributed by atoms with Crippen LogP contribution in [-0.4, -0.2) is 0 Å². The lowest BCUT2D eigenvalue weighted by atomic mass is 10.1. The molecular formula is C120H72O4S16. The average molecular weight is 2090 g/mol. The van der Waals surface area contributed by atoms with E-state index in [1.807, 2.05) is 233 Å². The predicted octanol–water partition coefficient (Wildman–Crippen LogP) is 45.0. The van der Waals surface area contributed by atoms with E-state index in [4.69, 9.17) is 17.7 Å². The summed E-state index contributed by atoms with van der Waals surface area (Å²) in [5.41, 5.74) is 10.5. The summed E-state index contributed by atoms with van der Waals surface area (Å²) in [6.07, 6.45) is 0. The standard InChI is InChI=1S/2C32H20S4.2C28H16O2S4/c1-17-3-7-19(8-4-17)27-15-23-25(33-27)13-11-21-29(23)35-32-22-12-14-26-24(30(22)36-31(21)32)16-28(34-26)20-9-5-18(2)6-10-20;1-17-3-7-19(8-4-17)25-15-21-11-13-23-29(27(21)33-25)35-32-24-14-12-22-16-26(20-9-5-18(2)6-10-20)34-28(22)30(24)36-31(23)32;1-13-3-9-19(29-13)21-11-15-5-7-17-25(23(15)31-21)33-28-18-8-6-16-12-22(20-10-4-14(2)30-20)32-24(16)26(18)34-27(17)28;1-13-3-7-19(29-13)23-11-17-21(31-23)9-5-15-25(17)33-28-16-6-10-22-18(26(16)34-27(15)28)12-24(32-22)20-8-4-14(2)30-20/h2*3-16H,1-2H3;2*3-12H,1-2H3. The first-order valence-corrected chi connectivity index (χ1v) is 59.1. The van der Waals surface area contributed by atoms with Crippen molar-refractivity contribution in [2.24, 2.45) is 0 Å². The van der Waals surface area contributed by atoms with Gasteiger partial charge in [-0.1, -0.05) is 192 Å². The summed E-state index contributed by atoms with van der Waals surface area (Å²) >= 11 is 30.6. The van der Waals surface area contributed by atoms with Crippen LogP contribution >= 0.6 is 181 Å². The summed E-state index contributed by atoms with van der Waals surface area (Å²) in [7, 11) is 0. The molecule has 0 atom stereocenters. The van der Waals surface area contributed by atoms with Crippen LogP contribution in [0.2, 0.25) is 0 Å². The molecule has 0 fully saturated rings. The van der Waals surface area contributed by atoms with E-state index in [1.54, 1.807) is 0 Å². The predicted molar refractivity (Wildman–Crippen MR) is 632 cm³/mol. The van der Waals surface area contributed by atoms with E-state index >= 15 is 0 Å². The van der Waals surface area contributed by atoms with Crippen molar-refractivity contribution in [1.29, 1.82) is 0 Å². The third kappa shape index (κ3) is 14.0. The summed E-state index contributed by atoms with van der Waals surface area (Å²) < 4.78 is 57.1. The zero-order valence-electron chi connectivity index (χ0n) is 75.9. The van der Waals surface area contributed by atoms with Crippen molar-refractivity contribution in [3.8, 4) is 84.3 Å². The van der Waals surface area contributed by atoms with E-state index in [9.17, 15) is 0 Å². The Morgan fingerprint density at radius 2 is 0.321 bits per heavy atom. The van der Waals surface area contributed by atoms with Gasteiger partial charge in [-0.05, 0) is 221 Å². The van der Waals surface area contributed by atoms with Gasteiger partial charge in [0.1, 0.15) is 46.1 Å². The highest BCUT2D eigenvalue weighted by Gasteiger charge is 2.27. The lowest BCUT2D eigenvalue weighted by Crippen LogP contribution is -1.73. The number of furan rings is 4. The first kappa shape index (κ1) is 85.0. The van der Waals surface area contributed by atoms with Crippen LogP contribution in [0.4, 0.5) is 0 Å². The topological polar surface area (TPSA) is 52.6 Å². The maximum Gasteiger partial charge on any atom is 0.144 e. The fourth-order valence-electron chi connectivity index (χ4n) is 19.7. The molecule has 0 saturated heterocycles. The van der Waals surface area contributed by atoms with Crippen molar-refractivity contribution in [2.75, 3.05) is 0 Å². The summed E-state index contributed by atoms with van der Waals surface area (Å²) in [5.74, 6) is 7.63. The molecule has 0 N–H and O–H groups in total. The zero-order valence-corrected chi connectivity index (χ0v) is 88.9. The molecule has 672 valence electrons. The number of benzene rings is 12. The molecule has 20 aromatic heterocycles. The van der Waals surface area contributed by atoms with Crippen molar-refractivity contribution < 1.29 is 17.7 Å². The lowest BCUT2D eigenvalue weighted by Gasteiger charge is -1.97. The van der Waals surface area contributed by atoms with Crippen LogP contribution in [0.25, 0.3) is 283 Å². The van der Waals surface area contributed by atoms with Crippen molar-refractivity contribution in [3.05, 3.63) is 336 Å². The van der Waals surface area contributed by atoms with E-state index in [0.29, 0.717) is 0 Å². The quantitative estimate of drug-likeness (QED) is 0.152. The Balaban J connectivity index is 0.0000000896. The van der Waals surface area contributed by atoms with Gasteiger partial charge in [0.25, 0.3) is 0 Å². The summed E-state index contributed by atoms with van der Waals surface area (Å²) in [6.45, 7) is 16.6. The van der Waals surface area contributed by atoms with Crippen LogP contribution in [0.3, 0.4) is 0 Å². The van der Waals surface area contributed by atoms with Crippen LogP contribution < -0.4 is 0 Å². The van der Waals surface area contributed by atoms with Gasteiger partial charge >= 0.3 is 0 Å². The van der Waals surface area contributed by atoms with E-state index in [-0.39, 0.29) is 0 Å². The summed E-state index contributed by atoms with van der Waals surface area (Å²) in [5, 5.41) is 21.8. The van der Waals surface area contributed by atoms with Crippen LogP contribution in [0.5, 0.6) is 0 Å². The molecule has 0 amide bonds. The monoisotopic (exact) mass is 2090 g/mol. The third-order valence-corrected chi connectivity index (χ3v) is 47.3. The minimum atomic E-state index is 0.950. The molecule has 4 nitrogen and oxygen atoms in total. The first-order valence-electron chi connectivity index (χ1n) is 46.0. The molecule has 0 aliphatic rings. The molecule has 0 unspecified atom stereocenters. The Morgan fingerprint density at radius 1 is 0.136 bits per heavy atom. The fourth-order valence-corrected chi connectivity index (χ4v) is 40.8. The molecule has 32 aromatic rings. The number of hydrogen-bond donors (Lipinski definition) is 0. The van der Waals surface area contributed by atoms with E-state index in [0.717, 1.165) is 46.1 Å². The minimum Gasteiger partial charge on any atom is -0.461 e. The second-order valence-corrected chi connectivity index (χ2v) is 53.0. The molecule has 20 heteroatoms. The van der Waals surface area contributed by atoms with Gasteiger partial charge < -0.3 is 17.7 Å². The van der Waals surface area contributed by atoms with Gasteiger partial charge in [-0.25, -0.2) is 0 Å². The van der Waals surface area contributed by atoms with Gasteiger partial charge in [-0.15, -0.1) is 181 Å². The number of fused-ring (bicyclic) bond motifs is 36. The van der Waals surface area contributed by atoms with Gasteiger partial charge in [0.15, 0.2) is 0 Å². The molecule has 32 rings (SSSR count). The van der Waals surface area contributed by atoms with Crippen LogP contribution in [0.15, 0.2) is 309 Å². The molecule has 0 saturated carbocycles. The lowest BCUT2D eigenvalue weighted by molar-refractivity contribution is 0.549. The Hall–Kier alpha value is -11.8. The molecule has 0 bridgehead atoms. The van der Waals surface area contributed by atoms with Crippen molar-refractivity contribution in [1.82, 2.24) is 0 Å². The van der Waals surface area contributed by atoms with Crippen LogP contribution in [0, 0.1) is 55.4 Å². The number of thiophene rings is 16. The second-order valence-electron chi connectivity index (χ2n) is 36.3. The Bertz CT molecular complexity index is 9500. The SMILES string of the molecule is Cc1ccc(-c2cc3c(ccc4c3sc3c5ccc6sc(-c7ccc(C)cc7)cc6c5sc43)s2)cc1.Cc1ccc(-c2cc3c(ccc4c3sc3c5ccc6sc(-c7ccc(C)o7)cc6c5sc43)s2)o1.Cc1ccc(-c2cc3ccc4c(sc5c6ccc7cc(-c8ccc(C)cc8)sc7c6sc45)c3s2)cc1.Cc1ccc(-c2cc3ccc4c(sc5c6ccc7cc(-c8ccc(C)o8)sc7c6sc45)c3s2)o1. The van der Waals surface area contributed by atoms with Gasteiger partial charge in [-0.2, -0.15) is 0 Å². The van der Waals surface area contributed by atoms with E-state index < -0.39 is 0 Å². The van der Waals surface area contributed by atoms with Gasteiger partial charge in [0, 0.05) is 122 Å². The average Bonchev–Trinajstić information content (AvgIpc) is 1.57. The van der Waals surface area contributed by atoms with Gasteiger partial charge in [-0.3, -0.25) is 0 Å². The molecule has 0 spiro atoms. The third-order valence-electron chi connectivity index (χ3n) is 26.9. The highest BCUT2D eigenvalue weighted by molar-refractivity contribution is 7.43. The molecule has 12 aromatic carbocycles. The fraction of sp³-hybridized carbons (Fsp3) is 0.0667. The smallest absolute Gasteiger partial charge is 0.144 e. The van der Waals surface area contributed by atoms with Gasteiger partial charge in [0.05, 0.1) is 94.7 Å². The molecule has 0 radical (unpaired) electrons. The molecular weight excluding hydrogens is 2020 g/mol. The van der Waals surface area contributed by atoms with Crippen LogP contribution in [-0.2, 0) is 0 Å². The molecule has 140 heavy (non-hydrogen) atoms. The Kier molecular flexibility index (Phi) is 19.9. The maximum absolute atomic E-state index is 5.90. The second kappa shape index (κ2) is 32.9. The number of rotatable bonds is 8. The molecule has 0 aliphatic heterocycles. The normalized spacial score (nSPS) is 12.3. The molecule has 0 aliphatic carbocycles.